The molecule has 1 unspecified atom stereocenters. The van der Waals surface area contributed by atoms with Crippen molar-refractivity contribution in [2.75, 3.05) is 50.6 Å². The van der Waals surface area contributed by atoms with Crippen molar-refractivity contribution in [2.24, 2.45) is 5.92 Å². The Morgan fingerprint density at radius 3 is 2.50 bits per heavy atom. The fourth-order valence-electron chi connectivity index (χ4n) is 3.64. The number of nitrogens with zero attached hydrogens (tertiary/aromatic N) is 2. The van der Waals surface area contributed by atoms with Gasteiger partial charge in [-0.05, 0) is 70.1 Å². The van der Waals surface area contributed by atoms with Crippen LogP contribution in [0.5, 0.6) is 0 Å². The molecule has 2 heterocycles. The van der Waals surface area contributed by atoms with Crippen LogP contribution >= 0.6 is 0 Å². The van der Waals surface area contributed by atoms with Gasteiger partial charge in [-0.25, -0.2) is 0 Å². The summed E-state index contributed by atoms with van der Waals surface area (Å²) < 4.78 is 5.49. The fourth-order valence-corrected chi connectivity index (χ4v) is 3.64. The second kappa shape index (κ2) is 7.99. The normalized spacial score (nSPS) is 23.2. The van der Waals surface area contributed by atoms with Gasteiger partial charge in [0.1, 0.15) is 0 Å². The minimum atomic E-state index is 0.144. The standard InChI is InChI=1S/C19H29N3O2/c1-21-12-9-15(10-13-21)19(23)20-16-5-7-17(8-6-16)22-11-3-4-18(14-22)24-2/h5-8,15,18H,3-4,9-14H2,1-2H3,(H,20,23). The van der Waals surface area contributed by atoms with Gasteiger partial charge < -0.3 is 19.9 Å². The maximum atomic E-state index is 12.4. The first-order valence-corrected chi connectivity index (χ1v) is 9.03. The van der Waals surface area contributed by atoms with Gasteiger partial charge in [-0.15, -0.1) is 0 Å². The molecule has 2 aliphatic rings. The number of methoxy groups -OCH3 is 1. The number of hydrogen-bond acceptors (Lipinski definition) is 4. The number of carbonyl (C=O) groups excluding carboxylic acids is 1. The number of ether oxygens (including phenoxy) is 1. The van der Waals surface area contributed by atoms with Gasteiger partial charge in [0.2, 0.25) is 5.91 Å². The average Bonchev–Trinajstić information content (AvgIpc) is 2.63. The smallest absolute Gasteiger partial charge is 0.227 e. The summed E-state index contributed by atoms with van der Waals surface area (Å²) in [6.45, 7) is 4.03. The third-order valence-corrected chi connectivity index (χ3v) is 5.30. The molecule has 0 spiro atoms. The van der Waals surface area contributed by atoms with Crippen molar-refractivity contribution >= 4 is 17.3 Å². The maximum Gasteiger partial charge on any atom is 0.227 e. The number of piperidine rings is 2. The summed E-state index contributed by atoms with van der Waals surface area (Å²) in [5.41, 5.74) is 2.09. The van der Waals surface area contributed by atoms with Crippen molar-refractivity contribution < 1.29 is 9.53 Å². The largest absolute Gasteiger partial charge is 0.380 e. The van der Waals surface area contributed by atoms with Gasteiger partial charge in [-0.3, -0.25) is 4.79 Å². The molecule has 5 nitrogen and oxygen atoms in total. The van der Waals surface area contributed by atoms with Crippen LogP contribution in [0.1, 0.15) is 25.7 Å². The predicted octanol–water partition coefficient (Wildman–Crippen LogP) is 2.58. The third-order valence-electron chi connectivity index (χ3n) is 5.30. The molecular weight excluding hydrogens is 302 g/mol. The van der Waals surface area contributed by atoms with Crippen LogP contribution in [0.2, 0.25) is 0 Å². The summed E-state index contributed by atoms with van der Waals surface area (Å²) in [6, 6.07) is 8.22. The zero-order valence-corrected chi connectivity index (χ0v) is 14.8. The molecule has 2 aliphatic heterocycles. The summed E-state index contributed by atoms with van der Waals surface area (Å²) >= 11 is 0. The summed E-state index contributed by atoms with van der Waals surface area (Å²) in [5.74, 6) is 0.304. The Hall–Kier alpha value is -1.59. The number of nitrogens with one attached hydrogen (secondary N) is 1. The highest BCUT2D eigenvalue weighted by Crippen LogP contribution is 2.24. The van der Waals surface area contributed by atoms with Crippen molar-refractivity contribution in [3.05, 3.63) is 24.3 Å². The van der Waals surface area contributed by atoms with E-state index in [4.69, 9.17) is 4.74 Å². The van der Waals surface area contributed by atoms with Crippen molar-refractivity contribution in [3.8, 4) is 0 Å². The van der Waals surface area contributed by atoms with Crippen LogP contribution in [0.3, 0.4) is 0 Å². The Morgan fingerprint density at radius 1 is 1.12 bits per heavy atom. The second-order valence-corrected chi connectivity index (χ2v) is 7.06. The molecule has 1 atom stereocenters. The number of rotatable bonds is 4. The van der Waals surface area contributed by atoms with E-state index >= 15 is 0 Å². The van der Waals surface area contributed by atoms with Crippen LogP contribution in [-0.2, 0) is 9.53 Å². The van der Waals surface area contributed by atoms with Crippen LogP contribution in [-0.4, -0.2) is 57.2 Å². The minimum Gasteiger partial charge on any atom is -0.380 e. The molecule has 1 amide bonds. The SMILES string of the molecule is COC1CCCN(c2ccc(NC(=O)C3CCN(C)CC3)cc2)C1. The molecule has 1 aromatic carbocycles. The number of likely N-dealkylation sites (tertiary alicyclic amines) is 1. The lowest BCUT2D eigenvalue weighted by Gasteiger charge is -2.33. The van der Waals surface area contributed by atoms with Gasteiger partial charge in [0, 0.05) is 37.5 Å². The van der Waals surface area contributed by atoms with Crippen LogP contribution < -0.4 is 10.2 Å². The van der Waals surface area contributed by atoms with Crippen LogP contribution in [0, 0.1) is 5.92 Å². The van der Waals surface area contributed by atoms with Gasteiger partial charge in [0.05, 0.1) is 6.10 Å². The first kappa shape index (κ1) is 17.2. The van der Waals surface area contributed by atoms with E-state index in [2.05, 4.69) is 34.3 Å². The lowest BCUT2D eigenvalue weighted by atomic mass is 9.96. The predicted molar refractivity (Wildman–Crippen MR) is 97.5 cm³/mol. The minimum absolute atomic E-state index is 0.144. The van der Waals surface area contributed by atoms with Crippen LogP contribution in [0.25, 0.3) is 0 Å². The third kappa shape index (κ3) is 4.28. The molecule has 3 rings (SSSR count). The number of amides is 1. The van der Waals surface area contributed by atoms with Gasteiger partial charge in [0.15, 0.2) is 0 Å². The molecule has 0 bridgehead atoms. The molecule has 1 aromatic rings. The van der Waals surface area contributed by atoms with E-state index in [1.165, 1.54) is 5.69 Å². The van der Waals surface area contributed by atoms with Crippen LogP contribution in [0.4, 0.5) is 11.4 Å². The number of anilines is 2. The molecule has 132 valence electrons. The first-order chi connectivity index (χ1) is 11.7. The molecule has 24 heavy (non-hydrogen) atoms. The molecule has 0 aliphatic carbocycles. The van der Waals surface area contributed by atoms with E-state index < -0.39 is 0 Å². The molecule has 0 saturated carbocycles. The number of benzene rings is 1. The Labute approximate surface area is 145 Å². The Kier molecular flexibility index (Phi) is 5.74. The quantitative estimate of drug-likeness (QED) is 0.921. The zero-order valence-electron chi connectivity index (χ0n) is 14.8. The van der Waals surface area contributed by atoms with Gasteiger partial charge in [-0.1, -0.05) is 0 Å². The van der Waals surface area contributed by atoms with Crippen LogP contribution in [0.15, 0.2) is 24.3 Å². The summed E-state index contributed by atoms with van der Waals surface area (Å²) in [7, 11) is 3.90. The molecule has 2 saturated heterocycles. The Bertz CT molecular complexity index is 538. The topological polar surface area (TPSA) is 44.8 Å². The highest BCUT2D eigenvalue weighted by Gasteiger charge is 2.23. The van der Waals surface area contributed by atoms with Gasteiger partial charge in [0.25, 0.3) is 0 Å². The lowest BCUT2D eigenvalue weighted by Crippen LogP contribution is -2.39. The highest BCUT2D eigenvalue weighted by molar-refractivity contribution is 5.92. The van der Waals surface area contributed by atoms with E-state index in [0.717, 1.165) is 57.5 Å². The van der Waals surface area contributed by atoms with E-state index in [1.54, 1.807) is 7.11 Å². The van der Waals surface area contributed by atoms with Crippen molar-refractivity contribution in [1.82, 2.24) is 4.90 Å². The van der Waals surface area contributed by atoms with E-state index in [9.17, 15) is 4.79 Å². The van der Waals surface area contributed by atoms with Crippen molar-refractivity contribution in [3.63, 3.8) is 0 Å². The van der Waals surface area contributed by atoms with E-state index in [1.807, 2.05) is 12.1 Å². The van der Waals surface area contributed by atoms with Gasteiger partial charge in [-0.2, -0.15) is 0 Å². The van der Waals surface area contributed by atoms with Gasteiger partial charge >= 0.3 is 0 Å². The lowest BCUT2D eigenvalue weighted by molar-refractivity contribution is -0.121. The molecule has 5 heteroatoms. The highest BCUT2D eigenvalue weighted by atomic mass is 16.5. The Balaban J connectivity index is 1.55. The van der Waals surface area contributed by atoms with Crippen molar-refractivity contribution in [1.29, 1.82) is 0 Å². The molecular formula is C19H29N3O2. The maximum absolute atomic E-state index is 12.4. The monoisotopic (exact) mass is 331 g/mol. The zero-order chi connectivity index (χ0) is 16.9. The second-order valence-electron chi connectivity index (χ2n) is 7.06. The number of carbonyl (C=O) groups is 1. The molecule has 0 aromatic heterocycles. The van der Waals surface area contributed by atoms with Crippen molar-refractivity contribution in [2.45, 2.75) is 31.8 Å². The number of hydrogen-bond donors (Lipinski definition) is 1. The summed E-state index contributed by atoms with van der Waals surface area (Å²) in [4.78, 5) is 17.0. The first-order valence-electron chi connectivity index (χ1n) is 9.03. The average molecular weight is 331 g/mol. The molecule has 0 radical (unpaired) electrons. The summed E-state index contributed by atoms with van der Waals surface area (Å²) in [5, 5.41) is 3.08. The van der Waals surface area contributed by atoms with E-state index in [0.29, 0.717) is 6.10 Å². The summed E-state index contributed by atoms with van der Waals surface area (Å²) in [6.07, 6.45) is 4.52. The fraction of sp³-hybridized carbons (Fsp3) is 0.632. The molecule has 1 N–H and O–H groups in total. The Morgan fingerprint density at radius 2 is 1.83 bits per heavy atom. The van der Waals surface area contributed by atoms with E-state index in [-0.39, 0.29) is 11.8 Å². The molecule has 2 fully saturated rings.